The molecule has 0 aliphatic carbocycles. The zero-order chi connectivity index (χ0) is 19.3. The molecule has 1 aromatic heterocycles. The van der Waals surface area contributed by atoms with Gasteiger partial charge in [0.2, 0.25) is 17.7 Å². The van der Waals surface area contributed by atoms with Gasteiger partial charge in [-0.25, -0.2) is 4.98 Å². The number of aromatic nitrogens is 2. The number of imidazole rings is 1. The summed E-state index contributed by atoms with van der Waals surface area (Å²) in [5.41, 5.74) is 1.92. The summed E-state index contributed by atoms with van der Waals surface area (Å²) in [4.78, 5) is 43.6. The fraction of sp³-hybridized carbons (Fsp3) is 0.500. The summed E-state index contributed by atoms with van der Waals surface area (Å²) in [5, 5.41) is 0. The lowest BCUT2D eigenvalue weighted by Gasteiger charge is -2.42. The van der Waals surface area contributed by atoms with E-state index >= 15 is 0 Å². The van der Waals surface area contributed by atoms with E-state index in [0.717, 1.165) is 21.8 Å². The third-order valence-corrected chi connectivity index (χ3v) is 5.29. The van der Waals surface area contributed by atoms with Gasteiger partial charge in [0.15, 0.2) is 0 Å². The Morgan fingerprint density at radius 2 is 1.74 bits per heavy atom. The molecule has 3 amide bonds. The largest absolute Gasteiger partial charge is 0.337 e. The second-order valence-corrected chi connectivity index (χ2v) is 8.37. The molecule has 2 fully saturated rings. The predicted octanol–water partition coefficient (Wildman–Crippen LogP) is 1.87. The minimum Gasteiger partial charge on any atom is -0.337 e. The Kier molecular flexibility index (Phi) is 4.05. The van der Waals surface area contributed by atoms with Crippen LogP contribution < -0.4 is 0 Å². The van der Waals surface area contributed by atoms with Crippen molar-refractivity contribution in [2.45, 2.75) is 45.1 Å². The minimum atomic E-state index is -0.249. The van der Waals surface area contributed by atoms with E-state index in [1.807, 2.05) is 18.2 Å². The number of likely N-dealkylation sites (tertiary alicyclic amines) is 2. The van der Waals surface area contributed by atoms with Crippen LogP contribution in [0.5, 0.6) is 0 Å². The van der Waals surface area contributed by atoms with Crippen LogP contribution in [0.4, 0.5) is 0 Å². The number of hydrogen-bond acceptors (Lipinski definition) is 4. The second-order valence-electron chi connectivity index (χ2n) is 8.37. The van der Waals surface area contributed by atoms with Gasteiger partial charge in [-0.3, -0.25) is 19.3 Å². The van der Waals surface area contributed by atoms with Crippen LogP contribution in [0.25, 0.3) is 11.0 Å². The number of imide groups is 1. The van der Waals surface area contributed by atoms with Crippen LogP contribution in [0.3, 0.4) is 0 Å². The van der Waals surface area contributed by atoms with Crippen molar-refractivity contribution in [3.8, 4) is 0 Å². The van der Waals surface area contributed by atoms with E-state index in [2.05, 4.69) is 31.4 Å². The van der Waals surface area contributed by atoms with Crippen molar-refractivity contribution in [2.75, 3.05) is 19.6 Å². The zero-order valence-corrected chi connectivity index (χ0v) is 15.9. The predicted molar refractivity (Wildman–Crippen MR) is 100 cm³/mol. The lowest BCUT2D eigenvalue weighted by Crippen LogP contribution is -2.54. The van der Waals surface area contributed by atoms with E-state index in [0.29, 0.717) is 13.1 Å². The number of carbonyl (C=O) groups is 3. The molecule has 2 aliphatic rings. The molecule has 142 valence electrons. The number of amides is 3. The Bertz CT molecular complexity index is 918. The van der Waals surface area contributed by atoms with E-state index in [1.165, 1.54) is 0 Å². The second kappa shape index (κ2) is 6.18. The van der Waals surface area contributed by atoms with Crippen LogP contribution in [0.2, 0.25) is 0 Å². The normalized spacial score (nSPS) is 18.5. The first-order valence-electron chi connectivity index (χ1n) is 9.34. The molecule has 0 radical (unpaired) electrons. The van der Waals surface area contributed by atoms with Gasteiger partial charge < -0.3 is 9.47 Å². The molecule has 2 saturated heterocycles. The summed E-state index contributed by atoms with van der Waals surface area (Å²) in [6, 6.07) is 8.20. The van der Waals surface area contributed by atoms with Crippen molar-refractivity contribution in [3.05, 3.63) is 30.1 Å². The van der Waals surface area contributed by atoms with Gasteiger partial charge in [-0.2, -0.15) is 0 Å². The van der Waals surface area contributed by atoms with Crippen LogP contribution in [-0.4, -0.2) is 56.7 Å². The Hall–Kier alpha value is -2.70. The molecule has 0 bridgehead atoms. The topological polar surface area (TPSA) is 75.5 Å². The van der Waals surface area contributed by atoms with Gasteiger partial charge >= 0.3 is 0 Å². The van der Waals surface area contributed by atoms with Crippen LogP contribution in [0, 0.1) is 0 Å². The average Bonchev–Trinajstić information content (AvgIpc) is 3.09. The number of fused-ring (bicyclic) bond motifs is 1. The molecular weight excluding hydrogens is 344 g/mol. The zero-order valence-electron chi connectivity index (χ0n) is 15.9. The number of nitrogens with zero attached hydrogens (tertiary/aromatic N) is 4. The standard InChI is InChI=1S/C20H24N4O3/c1-20(2,3)19-21-14-6-4-5-7-15(14)24(19)13-10-22(11-13)18(27)12-23-16(25)8-9-17(23)26/h4-7,13H,8-12H2,1-3H3. The number of para-hydroxylation sites is 2. The van der Waals surface area contributed by atoms with Crippen molar-refractivity contribution in [2.24, 2.45) is 0 Å². The van der Waals surface area contributed by atoms with E-state index in [1.54, 1.807) is 4.90 Å². The highest BCUT2D eigenvalue weighted by Crippen LogP contribution is 2.33. The van der Waals surface area contributed by atoms with Gasteiger partial charge in [-0.05, 0) is 12.1 Å². The Labute approximate surface area is 157 Å². The minimum absolute atomic E-state index is 0.113. The Morgan fingerprint density at radius 1 is 1.11 bits per heavy atom. The molecule has 0 atom stereocenters. The van der Waals surface area contributed by atoms with Crippen molar-refractivity contribution < 1.29 is 14.4 Å². The molecule has 4 rings (SSSR count). The molecular formula is C20H24N4O3. The van der Waals surface area contributed by atoms with Gasteiger partial charge in [0, 0.05) is 31.3 Å². The number of rotatable bonds is 3. The van der Waals surface area contributed by atoms with E-state index in [-0.39, 0.29) is 48.6 Å². The third-order valence-electron chi connectivity index (χ3n) is 5.29. The third kappa shape index (κ3) is 3.01. The van der Waals surface area contributed by atoms with E-state index in [9.17, 15) is 14.4 Å². The van der Waals surface area contributed by atoms with Gasteiger partial charge in [0.05, 0.1) is 17.1 Å². The maximum Gasteiger partial charge on any atom is 0.242 e. The number of carbonyl (C=O) groups excluding carboxylic acids is 3. The number of hydrogen-bond donors (Lipinski definition) is 0. The van der Waals surface area contributed by atoms with E-state index in [4.69, 9.17) is 4.98 Å². The lowest BCUT2D eigenvalue weighted by molar-refractivity contribution is -0.148. The Balaban J connectivity index is 1.52. The first-order valence-corrected chi connectivity index (χ1v) is 9.34. The quantitative estimate of drug-likeness (QED) is 0.775. The van der Waals surface area contributed by atoms with Crippen molar-refractivity contribution in [1.82, 2.24) is 19.4 Å². The average molecular weight is 368 g/mol. The van der Waals surface area contributed by atoms with Crippen LogP contribution in [-0.2, 0) is 19.8 Å². The lowest BCUT2D eigenvalue weighted by atomic mass is 9.94. The summed E-state index contributed by atoms with van der Waals surface area (Å²) in [6.07, 6.45) is 0.426. The SMILES string of the molecule is CC(C)(C)c1nc2ccccc2n1C1CN(C(=O)CN2C(=O)CCC2=O)C1. The fourth-order valence-electron chi connectivity index (χ4n) is 3.80. The molecule has 2 aliphatic heterocycles. The molecule has 7 heteroatoms. The smallest absolute Gasteiger partial charge is 0.242 e. The Morgan fingerprint density at radius 3 is 2.37 bits per heavy atom. The van der Waals surface area contributed by atoms with Crippen LogP contribution >= 0.6 is 0 Å². The van der Waals surface area contributed by atoms with Gasteiger partial charge in [-0.1, -0.05) is 32.9 Å². The molecule has 0 N–H and O–H groups in total. The first kappa shape index (κ1) is 17.7. The summed E-state index contributed by atoms with van der Waals surface area (Å²) < 4.78 is 2.24. The van der Waals surface area contributed by atoms with Gasteiger partial charge in [0.1, 0.15) is 12.4 Å². The number of benzene rings is 1. The molecule has 7 nitrogen and oxygen atoms in total. The van der Waals surface area contributed by atoms with Crippen LogP contribution in [0.1, 0.15) is 45.5 Å². The molecule has 27 heavy (non-hydrogen) atoms. The summed E-state index contributed by atoms with van der Waals surface area (Å²) >= 11 is 0. The first-order chi connectivity index (χ1) is 12.8. The summed E-state index contributed by atoms with van der Waals surface area (Å²) in [6.45, 7) is 7.41. The van der Waals surface area contributed by atoms with Crippen molar-refractivity contribution in [3.63, 3.8) is 0 Å². The van der Waals surface area contributed by atoms with Gasteiger partial charge in [-0.15, -0.1) is 0 Å². The summed E-state index contributed by atoms with van der Waals surface area (Å²) in [5.74, 6) is 0.337. The molecule has 1 aromatic carbocycles. The fourth-order valence-corrected chi connectivity index (χ4v) is 3.80. The highest BCUT2D eigenvalue weighted by atomic mass is 16.2. The highest BCUT2D eigenvalue weighted by Gasteiger charge is 2.38. The molecule has 0 saturated carbocycles. The van der Waals surface area contributed by atoms with Crippen LogP contribution in [0.15, 0.2) is 24.3 Å². The van der Waals surface area contributed by atoms with Gasteiger partial charge in [0.25, 0.3) is 0 Å². The van der Waals surface area contributed by atoms with Crippen molar-refractivity contribution in [1.29, 1.82) is 0 Å². The van der Waals surface area contributed by atoms with Crippen molar-refractivity contribution >= 4 is 28.8 Å². The molecule has 2 aromatic rings. The maximum absolute atomic E-state index is 12.5. The summed E-state index contributed by atoms with van der Waals surface area (Å²) in [7, 11) is 0. The maximum atomic E-state index is 12.5. The molecule has 0 unspecified atom stereocenters. The molecule has 0 spiro atoms. The van der Waals surface area contributed by atoms with E-state index < -0.39 is 0 Å². The highest BCUT2D eigenvalue weighted by molar-refractivity contribution is 6.04. The monoisotopic (exact) mass is 368 g/mol. The molecule has 3 heterocycles.